The summed E-state index contributed by atoms with van der Waals surface area (Å²) in [4.78, 5) is 18.8. The lowest BCUT2D eigenvalue weighted by Crippen LogP contribution is -2.39. The van der Waals surface area contributed by atoms with E-state index in [1.165, 1.54) is 17.3 Å². The normalized spacial score (nSPS) is 17.9. The Balaban J connectivity index is 2.03. The molecule has 0 saturated carbocycles. The Bertz CT molecular complexity index is 581. The summed E-state index contributed by atoms with van der Waals surface area (Å²) in [6.45, 7) is 5.27. The minimum Gasteiger partial charge on any atom is -0.336 e. The van der Waals surface area contributed by atoms with Crippen molar-refractivity contribution in [3.8, 4) is 5.95 Å². The van der Waals surface area contributed by atoms with E-state index in [1.807, 2.05) is 0 Å². The standard InChI is InChI=1S/C11H14ClN7/c1-11(2)4-3-5-18(11)9-15-8(12)16-10(17-9)19-7-13-6-14-19/h6-7H,3-5H2,1-2H3. The number of anilines is 1. The topological polar surface area (TPSA) is 72.6 Å². The molecule has 0 bridgehead atoms. The molecule has 100 valence electrons. The maximum atomic E-state index is 5.99. The molecule has 3 rings (SSSR count). The molecule has 7 nitrogen and oxygen atoms in total. The van der Waals surface area contributed by atoms with Gasteiger partial charge in [0.25, 0.3) is 5.95 Å². The molecule has 2 aromatic rings. The number of halogens is 1. The minimum absolute atomic E-state index is 0.0321. The molecule has 0 spiro atoms. The molecule has 8 heteroatoms. The summed E-state index contributed by atoms with van der Waals surface area (Å²) in [6, 6.07) is 0. The lowest BCUT2D eigenvalue weighted by molar-refractivity contribution is 0.508. The lowest BCUT2D eigenvalue weighted by Gasteiger charge is -2.31. The third-order valence-electron chi connectivity index (χ3n) is 3.35. The van der Waals surface area contributed by atoms with Crippen LogP contribution in [-0.2, 0) is 0 Å². The van der Waals surface area contributed by atoms with Gasteiger partial charge in [0.1, 0.15) is 12.7 Å². The van der Waals surface area contributed by atoms with Crippen molar-refractivity contribution < 1.29 is 0 Å². The van der Waals surface area contributed by atoms with Crippen molar-refractivity contribution >= 4 is 17.5 Å². The molecule has 0 N–H and O–H groups in total. The van der Waals surface area contributed by atoms with Crippen LogP contribution in [0.5, 0.6) is 0 Å². The number of rotatable bonds is 2. The summed E-state index contributed by atoms with van der Waals surface area (Å²) in [6.07, 6.45) is 5.19. The third kappa shape index (κ3) is 2.25. The first kappa shape index (κ1) is 12.3. The van der Waals surface area contributed by atoms with Crippen LogP contribution in [0.2, 0.25) is 5.28 Å². The fourth-order valence-corrected chi connectivity index (χ4v) is 2.49. The SMILES string of the molecule is CC1(C)CCCN1c1nc(Cl)nc(-n2cncn2)n1. The lowest BCUT2D eigenvalue weighted by atomic mass is 10.0. The van der Waals surface area contributed by atoms with E-state index >= 15 is 0 Å². The molecule has 1 aliphatic heterocycles. The Kier molecular flexibility index (Phi) is 2.85. The second-order valence-corrected chi connectivity index (χ2v) is 5.45. The Hall–Kier alpha value is -1.76. The summed E-state index contributed by atoms with van der Waals surface area (Å²) >= 11 is 5.99. The summed E-state index contributed by atoms with van der Waals surface area (Å²) in [5, 5.41) is 4.17. The summed E-state index contributed by atoms with van der Waals surface area (Å²) < 4.78 is 1.47. The maximum Gasteiger partial charge on any atom is 0.258 e. The van der Waals surface area contributed by atoms with Gasteiger partial charge >= 0.3 is 0 Å². The minimum atomic E-state index is 0.0321. The van der Waals surface area contributed by atoms with Crippen LogP contribution in [0.15, 0.2) is 12.7 Å². The zero-order valence-electron chi connectivity index (χ0n) is 10.8. The Labute approximate surface area is 115 Å². The van der Waals surface area contributed by atoms with Crippen LogP contribution in [0.1, 0.15) is 26.7 Å². The van der Waals surface area contributed by atoms with Gasteiger partial charge in [0.2, 0.25) is 11.2 Å². The molecule has 0 atom stereocenters. The van der Waals surface area contributed by atoms with E-state index in [9.17, 15) is 0 Å². The van der Waals surface area contributed by atoms with E-state index in [4.69, 9.17) is 11.6 Å². The monoisotopic (exact) mass is 279 g/mol. The Morgan fingerprint density at radius 2 is 2.00 bits per heavy atom. The zero-order chi connectivity index (χ0) is 13.5. The highest BCUT2D eigenvalue weighted by Crippen LogP contribution is 2.31. The van der Waals surface area contributed by atoms with Crippen LogP contribution >= 0.6 is 11.6 Å². The van der Waals surface area contributed by atoms with Crippen LogP contribution in [-0.4, -0.2) is 41.8 Å². The Morgan fingerprint density at radius 1 is 1.21 bits per heavy atom. The van der Waals surface area contributed by atoms with Crippen LogP contribution in [0.3, 0.4) is 0 Å². The van der Waals surface area contributed by atoms with Crippen molar-refractivity contribution in [2.24, 2.45) is 0 Å². The number of hydrogen-bond acceptors (Lipinski definition) is 6. The molecule has 0 radical (unpaired) electrons. The smallest absolute Gasteiger partial charge is 0.258 e. The molecule has 3 heterocycles. The number of aromatic nitrogens is 6. The first-order valence-corrected chi connectivity index (χ1v) is 6.48. The molecule has 0 aromatic carbocycles. The van der Waals surface area contributed by atoms with E-state index in [1.54, 1.807) is 0 Å². The highest BCUT2D eigenvalue weighted by Gasteiger charge is 2.34. The zero-order valence-corrected chi connectivity index (χ0v) is 11.5. The molecule has 1 aliphatic rings. The van der Waals surface area contributed by atoms with Gasteiger partial charge in [0.15, 0.2) is 0 Å². The van der Waals surface area contributed by atoms with Gasteiger partial charge < -0.3 is 4.90 Å². The van der Waals surface area contributed by atoms with Crippen molar-refractivity contribution in [3.63, 3.8) is 0 Å². The molecule has 19 heavy (non-hydrogen) atoms. The average Bonchev–Trinajstić information content (AvgIpc) is 2.96. The van der Waals surface area contributed by atoms with E-state index in [2.05, 4.69) is 43.8 Å². The number of nitrogens with zero attached hydrogens (tertiary/aromatic N) is 7. The van der Waals surface area contributed by atoms with Gasteiger partial charge in [-0.1, -0.05) is 0 Å². The fraction of sp³-hybridized carbons (Fsp3) is 0.545. The van der Waals surface area contributed by atoms with Gasteiger partial charge in [-0.25, -0.2) is 4.98 Å². The van der Waals surface area contributed by atoms with Crippen LogP contribution in [0.25, 0.3) is 5.95 Å². The summed E-state index contributed by atoms with van der Waals surface area (Å²) in [7, 11) is 0. The molecule has 1 fully saturated rings. The Morgan fingerprint density at radius 3 is 2.63 bits per heavy atom. The second-order valence-electron chi connectivity index (χ2n) is 5.11. The third-order valence-corrected chi connectivity index (χ3v) is 3.52. The van der Waals surface area contributed by atoms with Crippen LogP contribution in [0, 0.1) is 0 Å². The van der Waals surface area contributed by atoms with Gasteiger partial charge in [-0.15, -0.1) is 0 Å². The summed E-state index contributed by atoms with van der Waals surface area (Å²) in [5.41, 5.74) is 0.0321. The molecule has 0 unspecified atom stereocenters. The number of hydrogen-bond donors (Lipinski definition) is 0. The molecule has 0 amide bonds. The van der Waals surface area contributed by atoms with E-state index in [-0.39, 0.29) is 10.8 Å². The van der Waals surface area contributed by atoms with Crippen LogP contribution in [0.4, 0.5) is 5.95 Å². The van der Waals surface area contributed by atoms with E-state index in [0.29, 0.717) is 11.9 Å². The first-order valence-electron chi connectivity index (χ1n) is 6.10. The molecular weight excluding hydrogens is 266 g/mol. The first-order chi connectivity index (χ1) is 9.06. The predicted molar refractivity (Wildman–Crippen MR) is 70.4 cm³/mol. The van der Waals surface area contributed by atoms with E-state index in [0.717, 1.165) is 19.4 Å². The molecular formula is C11H14ClN7. The second kappa shape index (κ2) is 4.41. The van der Waals surface area contributed by atoms with Crippen molar-refractivity contribution in [2.45, 2.75) is 32.2 Å². The quantitative estimate of drug-likeness (QED) is 0.829. The average molecular weight is 280 g/mol. The van der Waals surface area contributed by atoms with Crippen molar-refractivity contribution in [1.29, 1.82) is 0 Å². The van der Waals surface area contributed by atoms with E-state index < -0.39 is 0 Å². The molecule has 1 saturated heterocycles. The van der Waals surface area contributed by atoms with Gasteiger partial charge in [-0.3, -0.25) is 0 Å². The van der Waals surface area contributed by atoms with Gasteiger partial charge in [-0.05, 0) is 38.3 Å². The van der Waals surface area contributed by atoms with Gasteiger partial charge in [0, 0.05) is 12.1 Å². The fourth-order valence-electron chi connectivity index (χ4n) is 2.34. The van der Waals surface area contributed by atoms with Gasteiger partial charge in [0.05, 0.1) is 0 Å². The van der Waals surface area contributed by atoms with Crippen molar-refractivity contribution in [2.75, 3.05) is 11.4 Å². The van der Waals surface area contributed by atoms with Crippen LogP contribution < -0.4 is 4.90 Å². The summed E-state index contributed by atoms with van der Waals surface area (Å²) in [5.74, 6) is 0.975. The largest absolute Gasteiger partial charge is 0.336 e. The van der Waals surface area contributed by atoms with Crippen molar-refractivity contribution in [1.82, 2.24) is 29.7 Å². The molecule has 2 aromatic heterocycles. The van der Waals surface area contributed by atoms with Crippen molar-refractivity contribution in [3.05, 3.63) is 17.9 Å². The maximum absolute atomic E-state index is 5.99. The predicted octanol–water partition coefficient (Wildman–Crippen LogP) is 1.48. The molecule has 0 aliphatic carbocycles. The van der Waals surface area contributed by atoms with Gasteiger partial charge in [-0.2, -0.15) is 24.7 Å². The highest BCUT2D eigenvalue weighted by molar-refractivity contribution is 6.28. The highest BCUT2D eigenvalue weighted by atomic mass is 35.5.